The molecule has 1 amide bonds. The molecular formula is C13H24N2O4. The van der Waals surface area contributed by atoms with Gasteiger partial charge in [0.2, 0.25) is 5.91 Å². The number of rotatable bonds is 7. The molecule has 0 aromatic carbocycles. The van der Waals surface area contributed by atoms with Crippen LogP contribution in [0.5, 0.6) is 0 Å². The summed E-state index contributed by atoms with van der Waals surface area (Å²) in [5.41, 5.74) is 0. The molecule has 1 unspecified atom stereocenters. The quantitative estimate of drug-likeness (QED) is 0.704. The summed E-state index contributed by atoms with van der Waals surface area (Å²) in [5, 5.41) is 11.6. The molecule has 0 bridgehead atoms. The first-order valence-corrected chi connectivity index (χ1v) is 6.82. The molecule has 0 aliphatic carbocycles. The lowest BCUT2D eigenvalue weighted by molar-refractivity contribution is -0.151. The van der Waals surface area contributed by atoms with E-state index in [1.165, 1.54) is 0 Å². The Morgan fingerprint density at radius 1 is 1.42 bits per heavy atom. The maximum Gasteiger partial charge on any atom is 0.332 e. The second-order valence-corrected chi connectivity index (χ2v) is 5.06. The van der Waals surface area contributed by atoms with E-state index >= 15 is 0 Å². The van der Waals surface area contributed by atoms with Crippen molar-refractivity contribution in [3.8, 4) is 0 Å². The summed E-state index contributed by atoms with van der Waals surface area (Å²) in [6, 6.07) is 0.482. The molecule has 1 saturated heterocycles. The van der Waals surface area contributed by atoms with Crippen molar-refractivity contribution in [2.75, 3.05) is 20.1 Å². The number of nitrogens with zero attached hydrogens (tertiary/aromatic N) is 1. The molecule has 6 nitrogen and oxygen atoms in total. The van der Waals surface area contributed by atoms with Crippen LogP contribution in [0.1, 0.15) is 33.1 Å². The molecule has 0 radical (unpaired) electrons. The van der Waals surface area contributed by atoms with Crippen molar-refractivity contribution < 1.29 is 19.4 Å². The van der Waals surface area contributed by atoms with Crippen LogP contribution in [0.15, 0.2) is 0 Å². The summed E-state index contributed by atoms with van der Waals surface area (Å²) in [6.45, 7) is 5.59. The average molecular weight is 272 g/mol. The summed E-state index contributed by atoms with van der Waals surface area (Å²) in [5.74, 6) is -1.20. The van der Waals surface area contributed by atoms with Crippen molar-refractivity contribution in [1.82, 2.24) is 10.2 Å². The predicted molar refractivity (Wildman–Crippen MR) is 70.9 cm³/mol. The lowest BCUT2D eigenvalue weighted by Gasteiger charge is -2.23. The summed E-state index contributed by atoms with van der Waals surface area (Å²) in [6.07, 6.45) is 0.495. The number of hydrogen-bond acceptors (Lipinski definition) is 4. The molecule has 0 saturated carbocycles. The van der Waals surface area contributed by atoms with Gasteiger partial charge in [0.15, 0.2) is 6.10 Å². The van der Waals surface area contributed by atoms with Crippen molar-refractivity contribution in [2.24, 2.45) is 0 Å². The number of carboxylic acids is 1. The maximum atomic E-state index is 11.8. The standard InChI is InChI=1S/C13H24N2O4/c1-4-9(2)15(3)8-7-14-12(16)10-5-6-11(19-10)13(17)18/h9-11H,4-8H2,1-3H3,(H,14,16)(H,17,18)/t9?,10-,11+/m0/s1. The van der Waals surface area contributed by atoms with E-state index in [1.54, 1.807) is 0 Å². The molecule has 1 heterocycles. The predicted octanol–water partition coefficient (Wildman–Crippen LogP) is 0.465. The molecular weight excluding hydrogens is 248 g/mol. The fraction of sp³-hybridized carbons (Fsp3) is 0.846. The van der Waals surface area contributed by atoms with E-state index in [0.29, 0.717) is 25.4 Å². The van der Waals surface area contributed by atoms with Crippen LogP contribution in [0.25, 0.3) is 0 Å². The van der Waals surface area contributed by atoms with E-state index < -0.39 is 18.2 Å². The summed E-state index contributed by atoms with van der Waals surface area (Å²) < 4.78 is 5.19. The van der Waals surface area contributed by atoms with Gasteiger partial charge in [0.1, 0.15) is 6.10 Å². The lowest BCUT2D eigenvalue weighted by Crippen LogP contribution is -2.41. The molecule has 110 valence electrons. The Hall–Kier alpha value is -1.14. The number of hydrogen-bond donors (Lipinski definition) is 2. The first-order valence-electron chi connectivity index (χ1n) is 6.82. The highest BCUT2D eigenvalue weighted by Gasteiger charge is 2.34. The molecule has 19 heavy (non-hydrogen) atoms. The molecule has 0 aromatic heterocycles. The van der Waals surface area contributed by atoms with Crippen molar-refractivity contribution in [2.45, 2.75) is 51.4 Å². The number of carboxylic acid groups (broad SMARTS) is 1. The minimum atomic E-state index is -0.994. The van der Waals surface area contributed by atoms with Crippen molar-refractivity contribution >= 4 is 11.9 Å². The van der Waals surface area contributed by atoms with Gasteiger partial charge in [-0.3, -0.25) is 4.79 Å². The molecule has 6 heteroatoms. The highest BCUT2D eigenvalue weighted by atomic mass is 16.5. The number of nitrogens with one attached hydrogen (secondary N) is 1. The van der Waals surface area contributed by atoms with Crippen LogP contribution in [0.3, 0.4) is 0 Å². The van der Waals surface area contributed by atoms with Gasteiger partial charge in [-0.2, -0.15) is 0 Å². The van der Waals surface area contributed by atoms with Gasteiger partial charge in [0.25, 0.3) is 0 Å². The van der Waals surface area contributed by atoms with E-state index in [0.717, 1.165) is 13.0 Å². The van der Waals surface area contributed by atoms with E-state index in [-0.39, 0.29) is 5.91 Å². The van der Waals surface area contributed by atoms with Crippen molar-refractivity contribution in [1.29, 1.82) is 0 Å². The molecule has 1 fully saturated rings. The third kappa shape index (κ3) is 4.80. The number of carbonyl (C=O) groups excluding carboxylic acids is 1. The monoisotopic (exact) mass is 272 g/mol. The van der Waals surface area contributed by atoms with Gasteiger partial charge < -0.3 is 20.1 Å². The number of amides is 1. The molecule has 1 aliphatic heterocycles. The van der Waals surface area contributed by atoms with Crippen LogP contribution in [-0.2, 0) is 14.3 Å². The largest absolute Gasteiger partial charge is 0.479 e. The highest BCUT2D eigenvalue weighted by molar-refractivity contribution is 5.82. The van der Waals surface area contributed by atoms with Crippen LogP contribution in [0, 0.1) is 0 Å². The average Bonchev–Trinajstić information content (AvgIpc) is 2.87. The topological polar surface area (TPSA) is 78.9 Å². The molecule has 0 spiro atoms. The van der Waals surface area contributed by atoms with Gasteiger partial charge >= 0.3 is 5.97 Å². The van der Waals surface area contributed by atoms with Crippen molar-refractivity contribution in [3.63, 3.8) is 0 Å². The Bertz CT molecular complexity index is 322. The zero-order valence-corrected chi connectivity index (χ0v) is 11.9. The second kappa shape index (κ2) is 7.45. The maximum absolute atomic E-state index is 11.8. The highest BCUT2D eigenvalue weighted by Crippen LogP contribution is 2.19. The van der Waals surface area contributed by atoms with Gasteiger partial charge in [0, 0.05) is 19.1 Å². The molecule has 0 aromatic rings. The third-order valence-corrected chi connectivity index (χ3v) is 3.69. The van der Waals surface area contributed by atoms with Crippen LogP contribution in [0.4, 0.5) is 0 Å². The minimum Gasteiger partial charge on any atom is -0.479 e. The van der Waals surface area contributed by atoms with Gasteiger partial charge in [-0.25, -0.2) is 4.79 Å². The fourth-order valence-corrected chi connectivity index (χ4v) is 2.01. The van der Waals surface area contributed by atoms with Gasteiger partial charge in [-0.1, -0.05) is 6.92 Å². The number of likely N-dealkylation sites (N-methyl/N-ethyl adjacent to an activating group) is 1. The van der Waals surface area contributed by atoms with E-state index in [1.807, 2.05) is 7.05 Å². The molecule has 1 aliphatic rings. The second-order valence-electron chi connectivity index (χ2n) is 5.06. The lowest BCUT2D eigenvalue weighted by atomic mass is 10.2. The van der Waals surface area contributed by atoms with E-state index in [9.17, 15) is 9.59 Å². The molecule has 1 rings (SSSR count). The zero-order valence-electron chi connectivity index (χ0n) is 11.9. The summed E-state index contributed by atoms with van der Waals surface area (Å²) >= 11 is 0. The van der Waals surface area contributed by atoms with Crippen LogP contribution >= 0.6 is 0 Å². The number of carbonyl (C=O) groups is 2. The van der Waals surface area contributed by atoms with Gasteiger partial charge in [-0.05, 0) is 33.2 Å². The fourth-order valence-electron chi connectivity index (χ4n) is 2.01. The zero-order chi connectivity index (χ0) is 14.4. The van der Waals surface area contributed by atoms with Crippen LogP contribution in [-0.4, -0.2) is 60.3 Å². The first-order chi connectivity index (χ1) is 8.95. The van der Waals surface area contributed by atoms with Crippen molar-refractivity contribution in [3.05, 3.63) is 0 Å². The van der Waals surface area contributed by atoms with E-state index in [2.05, 4.69) is 24.1 Å². The molecule has 3 atom stereocenters. The smallest absolute Gasteiger partial charge is 0.332 e. The Kier molecular flexibility index (Phi) is 6.24. The Balaban J connectivity index is 2.24. The first kappa shape index (κ1) is 15.9. The number of ether oxygens (including phenoxy) is 1. The Morgan fingerprint density at radius 2 is 2.05 bits per heavy atom. The summed E-state index contributed by atoms with van der Waals surface area (Å²) in [4.78, 5) is 24.7. The SMILES string of the molecule is CCC(C)N(C)CCNC(=O)[C@@H]1CC[C@H](C(=O)O)O1. The van der Waals surface area contributed by atoms with Gasteiger partial charge in [0.05, 0.1) is 0 Å². The summed E-state index contributed by atoms with van der Waals surface area (Å²) in [7, 11) is 2.02. The third-order valence-electron chi connectivity index (χ3n) is 3.69. The van der Waals surface area contributed by atoms with E-state index in [4.69, 9.17) is 9.84 Å². The number of aliphatic carboxylic acids is 1. The minimum absolute atomic E-state index is 0.207. The normalized spacial score (nSPS) is 24.4. The molecule has 2 N–H and O–H groups in total. The Labute approximate surface area is 114 Å². The van der Waals surface area contributed by atoms with Gasteiger partial charge in [-0.15, -0.1) is 0 Å². The van der Waals surface area contributed by atoms with Crippen LogP contribution < -0.4 is 5.32 Å². The Morgan fingerprint density at radius 3 is 2.58 bits per heavy atom. The van der Waals surface area contributed by atoms with Crippen LogP contribution in [0.2, 0.25) is 0 Å².